The molecule has 0 aliphatic carbocycles. The summed E-state index contributed by atoms with van der Waals surface area (Å²) in [5, 5.41) is 9.78. The number of hydrogen-bond acceptors (Lipinski definition) is 4. The second-order valence-corrected chi connectivity index (χ2v) is 7.78. The van der Waals surface area contributed by atoms with Crippen LogP contribution in [-0.2, 0) is 18.1 Å². The Morgan fingerprint density at radius 2 is 2.03 bits per heavy atom. The summed E-state index contributed by atoms with van der Waals surface area (Å²) in [6.45, 7) is 3.93. The average molecular weight is 405 g/mol. The highest BCUT2D eigenvalue weighted by molar-refractivity contribution is 5.73. The fourth-order valence-corrected chi connectivity index (χ4v) is 4.75. The first-order chi connectivity index (χ1) is 13.9. The molecule has 29 heavy (non-hydrogen) atoms. The van der Waals surface area contributed by atoms with Gasteiger partial charge < -0.3 is 20.7 Å². The lowest BCUT2D eigenvalue weighted by atomic mass is 9.71. The lowest BCUT2D eigenvalue weighted by Crippen LogP contribution is -2.52. The van der Waals surface area contributed by atoms with E-state index in [1.807, 2.05) is 30.3 Å². The summed E-state index contributed by atoms with van der Waals surface area (Å²) in [5.74, 6) is 0.709. The van der Waals surface area contributed by atoms with Crippen molar-refractivity contribution in [1.29, 1.82) is 0 Å². The van der Waals surface area contributed by atoms with Crippen molar-refractivity contribution < 1.29 is 17.9 Å². The van der Waals surface area contributed by atoms with Gasteiger partial charge in [0, 0.05) is 35.8 Å². The summed E-state index contributed by atoms with van der Waals surface area (Å²) in [6.07, 6.45) is -2.84. The molecular formula is C22H26F3N3O. The Bertz CT molecular complexity index is 899. The summed E-state index contributed by atoms with van der Waals surface area (Å²) < 4.78 is 47.1. The third kappa shape index (κ3) is 3.41. The van der Waals surface area contributed by atoms with Gasteiger partial charge in [0.15, 0.2) is 0 Å². The van der Waals surface area contributed by atoms with Crippen molar-refractivity contribution in [2.45, 2.75) is 43.9 Å². The van der Waals surface area contributed by atoms with Crippen molar-refractivity contribution in [2.75, 3.05) is 30.8 Å². The van der Waals surface area contributed by atoms with Crippen molar-refractivity contribution in [3.05, 3.63) is 53.1 Å². The van der Waals surface area contributed by atoms with Crippen molar-refractivity contribution >= 4 is 11.4 Å². The molecule has 0 aromatic heterocycles. The quantitative estimate of drug-likeness (QED) is 0.671. The van der Waals surface area contributed by atoms with Crippen molar-refractivity contribution in [3.63, 3.8) is 0 Å². The molecule has 4 rings (SSSR count). The summed E-state index contributed by atoms with van der Waals surface area (Å²) in [5.41, 5.74) is 1.45. The second-order valence-electron chi connectivity index (χ2n) is 7.78. The standard InChI is InChI=1S/C22H26F3N3O/c1-3-21-13-26-9-8-19(21)28-20-16(21)10-15(11-17(20)22(23,24)25)27-12-14-6-4-5-7-18(14)29-2/h4-7,10-11,19,26-28H,3,8-9,12-13H2,1-2H3/t19-,21-/m0/s1. The van der Waals surface area contributed by atoms with E-state index in [4.69, 9.17) is 4.74 Å². The van der Waals surface area contributed by atoms with Gasteiger partial charge in [-0.3, -0.25) is 0 Å². The highest BCUT2D eigenvalue weighted by atomic mass is 19.4. The number of para-hydroxylation sites is 1. The van der Waals surface area contributed by atoms with Gasteiger partial charge in [0.2, 0.25) is 0 Å². The first-order valence-corrected chi connectivity index (χ1v) is 9.98. The minimum atomic E-state index is -4.42. The van der Waals surface area contributed by atoms with Gasteiger partial charge in [-0.1, -0.05) is 25.1 Å². The molecule has 2 aromatic rings. The Morgan fingerprint density at radius 3 is 2.76 bits per heavy atom. The molecule has 156 valence electrons. The molecule has 1 saturated heterocycles. The number of rotatable bonds is 5. The Labute approximate surface area is 168 Å². The van der Waals surface area contributed by atoms with Crippen LogP contribution in [0.15, 0.2) is 36.4 Å². The van der Waals surface area contributed by atoms with Gasteiger partial charge in [0.25, 0.3) is 0 Å². The number of fused-ring (bicyclic) bond motifs is 3. The topological polar surface area (TPSA) is 45.3 Å². The Hall–Kier alpha value is -2.41. The molecule has 7 heteroatoms. The first-order valence-electron chi connectivity index (χ1n) is 9.98. The fraction of sp³-hybridized carbons (Fsp3) is 0.455. The van der Waals surface area contributed by atoms with Crippen LogP contribution in [0.4, 0.5) is 24.5 Å². The second kappa shape index (κ2) is 7.44. The molecule has 0 spiro atoms. The molecule has 2 heterocycles. The molecule has 4 nitrogen and oxygen atoms in total. The van der Waals surface area contributed by atoms with Crippen LogP contribution in [-0.4, -0.2) is 26.2 Å². The number of methoxy groups -OCH3 is 1. The third-order valence-electron chi connectivity index (χ3n) is 6.32. The van der Waals surface area contributed by atoms with Gasteiger partial charge in [-0.25, -0.2) is 0 Å². The van der Waals surface area contributed by atoms with Gasteiger partial charge in [0.05, 0.1) is 18.4 Å². The molecule has 1 fully saturated rings. The minimum absolute atomic E-state index is 0.0225. The van der Waals surface area contributed by atoms with Crippen LogP contribution in [0.2, 0.25) is 0 Å². The minimum Gasteiger partial charge on any atom is -0.496 e. The third-order valence-corrected chi connectivity index (χ3v) is 6.32. The van der Waals surface area contributed by atoms with Crippen LogP contribution in [0.3, 0.4) is 0 Å². The largest absolute Gasteiger partial charge is 0.496 e. The summed E-state index contributed by atoms with van der Waals surface area (Å²) in [6, 6.07) is 10.6. The smallest absolute Gasteiger partial charge is 0.418 e. The lowest BCUT2D eigenvalue weighted by molar-refractivity contribution is -0.136. The zero-order valence-electron chi connectivity index (χ0n) is 16.6. The van der Waals surface area contributed by atoms with E-state index >= 15 is 0 Å². The molecule has 0 saturated carbocycles. The van der Waals surface area contributed by atoms with E-state index in [-0.39, 0.29) is 17.1 Å². The highest BCUT2D eigenvalue weighted by Crippen LogP contribution is 2.51. The van der Waals surface area contributed by atoms with Crippen molar-refractivity contribution in [1.82, 2.24) is 5.32 Å². The Morgan fingerprint density at radius 1 is 1.24 bits per heavy atom. The number of nitrogens with one attached hydrogen (secondary N) is 3. The van der Waals surface area contributed by atoms with E-state index in [1.54, 1.807) is 7.11 Å². The average Bonchev–Trinajstić information content (AvgIpc) is 3.05. The number of alkyl halides is 3. The van der Waals surface area contributed by atoms with E-state index in [9.17, 15) is 13.2 Å². The number of ether oxygens (including phenoxy) is 1. The number of halogens is 3. The van der Waals surface area contributed by atoms with E-state index in [0.29, 0.717) is 24.5 Å². The van der Waals surface area contributed by atoms with Crippen LogP contribution in [0.25, 0.3) is 0 Å². The van der Waals surface area contributed by atoms with E-state index in [2.05, 4.69) is 22.9 Å². The monoisotopic (exact) mass is 405 g/mol. The summed E-state index contributed by atoms with van der Waals surface area (Å²) >= 11 is 0. The Kier molecular flexibility index (Phi) is 5.11. The molecular weight excluding hydrogens is 379 g/mol. The predicted molar refractivity (Wildman–Crippen MR) is 109 cm³/mol. The maximum Gasteiger partial charge on any atom is 0.418 e. The molecule has 3 N–H and O–H groups in total. The van der Waals surface area contributed by atoms with Gasteiger partial charge in [-0.15, -0.1) is 0 Å². The van der Waals surface area contributed by atoms with E-state index in [0.717, 1.165) is 30.5 Å². The predicted octanol–water partition coefficient (Wildman–Crippen LogP) is 4.76. The zero-order valence-corrected chi connectivity index (χ0v) is 16.6. The highest BCUT2D eigenvalue weighted by Gasteiger charge is 2.50. The fourth-order valence-electron chi connectivity index (χ4n) is 4.75. The molecule has 0 radical (unpaired) electrons. The van der Waals surface area contributed by atoms with Crippen LogP contribution in [0.5, 0.6) is 5.75 Å². The first kappa shape index (κ1) is 19.9. The van der Waals surface area contributed by atoms with Crippen LogP contribution in [0.1, 0.15) is 36.5 Å². The van der Waals surface area contributed by atoms with Gasteiger partial charge in [0.1, 0.15) is 5.75 Å². The molecule has 2 aliphatic heterocycles. The number of benzene rings is 2. The number of anilines is 2. The van der Waals surface area contributed by atoms with Gasteiger partial charge in [-0.2, -0.15) is 13.2 Å². The maximum absolute atomic E-state index is 13.9. The number of hydrogen-bond donors (Lipinski definition) is 3. The van der Waals surface area contributed by atoms with E-state index < -0.39 is 11.7 Å². The molecule has 0 unspecified atom stereocenters. The Balaban J connectivity index is 1.73. The van der Waals surface area contributed by atoms with Crippen molar-refractivity contribution in [2.24, 2.45) is 0 Å². The normalized spacial score (nSPS) is 23.1. The van der Waals surface area contributed by atoms with Crippen LogP contribution >= 0.6 is 0 Å². The SMILES string of the molecule is CC[C@@]12CNCC[C@@H]1Nc1c(C(F)(F)F)cc(NCc3ccccc3OC)cc12. The van der Waals surface area contributed by atoms with Crippen LogP contribution in [0, 0.1) is 0 Å². The maximum atomic E-state index is 13.9. The molecule has 2 aromatic carbocycles. The van der Waals surface area contributed by atoms with Gasteiger partial charge in [-0.05, 0) is 43.1 Å². The zero-order chi connectivity index (χ0) is 20.6. The molecule has 2 aliphatic rings. The number of piperidine rings is 1. The molecule has 2 atom stereocenters. The molecule has 0 bridgehead atoms. The summed E-state index contributed by atoms with van der Waals surface area (Å²) in [7, 11) is 1.59. The lowest BCUT2D eigenvalue weighted by Gasteiger charge is -2.39. The molecule has 0 amide bonds. The van der Waals surface area contributed by atoms with E-state index in [1.165, 1.54) is 6.07 Å². The van der Waals surface area contributed by atoms with Crippen molar-refractivity contribution in [3.8, 4) is 5.75 Å². The van der Waals surface area contributed by atoms with Gasteiger partial charge >= 0.3 is 6.18 Å². The van der Waals surface area contributed by atoms with Crippen LogP contribution < -0.4 is 20.7 Å². The summed E-state index contributed by atoms with van der Waals surface area (Å²) in [4.78, 5) is 0.